The molecule has 6 nitrogen and oxygen atoms in total. The number of rotatable bonds is 9. The number of hydrogen-bond donors (Lipinski definition) is 1. The number of nitrogens with zero attached hydrogens (tertiary/aromatic N) is 3. The third kappa shape index (κ3) is 6.63. The monoisotopic (exact) mass is 498 g/mol. The minimum Gasteiger partial charge on any atom is -0.447 e. The summed E-state index contributed by atoms with van der Waals surface area (Å²) in [6.07, 6.45) is 4.67. The molecule has 1 N–H and O–H groups in total. The number of pyridine rings is 1. The number of carbonyl (C=O) groups is 1. The summed E-state index contributed by atoms with van der Waals surface area (Å²) in [5.74, 6) is -0.259. The van der Waals surface area contributed by atoms with Crippen molar-refractivity contribution in [2.75, 3.05) is 0 Å². The molecule has 9 heteroatoms. The molecule has 174 valence electrons. The highest BCUT2D eigenvalue weighted by Gasteiger charge is 2.17. The molecule has 2 aromatic heterocycles. The van der Waals surface area contributed by atoms with Gasteiger partial charge < -0.3 is 9.73 Å². The number of nitrogens with one attached hydrogen (secondary N) is 1. The van der Waals surface area contributed by atoms with E-state index in [2.05, 4.69) is 15.3 Å². The summed E-state index contributed by atoms with van der Waals surface area (Å²) in [7, 11) is 0. The Hall–Kier alpha value is -3.26. The molecule has 0 aliphatic carbocycles. The van der Waals surface area contributed by atoms with E-state index >= 15 is 0 Å². The van der Waals surface area contributed by atoms with Gasteiger partial charge in [-0.05, 0) is 53.1 Å². The molecule has 34 heavy (non-hydrogen) atoms. The van der Waals surface area contributed by atoms with E-state index in [9.17, 15) is 9.18 Å². The number of carbonyl (C=O) groups excluding carboxylic acids is 1. The average molecular weight is 499 g/mol. The van der Waals surface area contributed by atoms with Crippen LogP contribution in [-0.4, -0.2) is 20.8 Å². The predicted molar refractivity (Wildman–Crippen MR) is 128 cm³/mol. The van der Waals surface area contributed by atoms with Crippen molar-refractivity contribution in [1.29, 1.82) is 0 Å². The van der Waals surface area contributed by atoms with Crippen molar-refractivity contribution in [3.8, 4) is 0 Å². The Morgan fingerprint density at radius 3 is 2.47 bits per heavy atom. The minimum atomic E-state index is -0.336. The van der Waals surface area contributed by atoms with Crippen LogP contribution < -0.4 is 5.32 Å². The largest absolute Gasteiger partial charge is 0.447 e. The van der Waals surface area contributed by atoms with Gasteiger partial charge in [0.2, 0.25) is 5.89 Å². The van der Waals surface area contributed by atoms with Gasteiger partial charge in [-0.15, -0.1) is 0 Å². The number of oxazole rings is 1. The molecule has 0 unspecified atom stereocenters. The molecule has 0 bridgehead atoms. The van der Waals surface area contributed by atoms with E-state index in [-0.39, 0.29) is 17.4 Å². The molecule has 0 spiro atoms. The normalized spacial score (nSPS) is 11.1. The summed E-state index contributed by atoms with van der Waals surface area (Å²) in [5.41, 5.74) is 2.90. The third-order valence-electron chi connectivity index (χ3n) is 5.07. The van der Waals surface area contributed by atoms with Gasteiger partial charge in [0.15, 0.2) is 5.69 Å². The highest BCUT2D eigenvalue weighted by Crippen LogP contribution is 2.24. The minimum absolute atomic E-state index is 0.190. The SMILES string of the molecule is O=C(NCc1ccncc1)c1coc(CN(Cc2ccc(F)cc2)Cc2ccc(Cl)cc2Cl)n1. The van der Waals surface area contributed by atoms with Gasteiger partial charge in [0.1, 0.15) is 12.1 Å². The van der Waals surface area contributed by atoms with Gasteiger partial charge >= 0.3 is 0 Å². The van der Waals surface area contributed by atoms with E-state index in [1.807, 2.05) is 23.1 Å². The van der Waals surface area contributed by atoms with E-state index in [4.69, 9.17) is 27.6 Å². The molecule has 0 aliphatic heterocycles. The van der Waals surface area contributed by atoms with Crippen LogP contribution in [0.15, 0.2) is 77.7 Å². The second-order valence-corrected chi connectivity index (χ2v) is 8.52. The summed E-state index contributed by atoms with van der Waals surface area (Å²) in [4.78, 5) is 22.8. The molecule has 0 saturated carbocycles. The van der Waals surface area contributed by atoms with E-state index in [0.717, 1.165) is 16.7 Å². The van der Waals surface area contributed by atoms with Gasteiger partial charge in [-0.3, -0.25) is 14.7 Å². The first-order valence-corrected chi connectivity index (χ1v) is 11.2. The zero-order valence-corrected chi connectivity index (χ0v) is 19.6. The van der Waals surface area contributed by atoms with Crippen LogP contribution >= 0.6 is 23.2 Å². The lowest BCUT2D eigenvalue weighted by molar-refractivity contribution is 0.0945. The molecular formula is C25H21Cl2FN4O2. The standard InChI is InChI=1S/C25H21Cl2FN4O2/c26-20-4-3-19(22(27)11-20)14-32(13-18-1-5-21(28)6-2-18)15-24-31-23(16-34-24)25(33)30-12-17-7-9-29-10-8-17/h1-11,16H,12-15H2,(H,30,33). The van der Waals surface area contributed by atoms with Crippen molar-refractivity contribution >= 4 is 29.1 Å². The number of benzene rings is 2. The quantitative estimate of drug-likeness (QED) is 0.323. The second-order valence-electron chi connectivity index (χ2n) is 7.67. The van der Waals surface area contributed by atoms with Crippen LogP contribution in [0.2, 0.25) is 10.0 Å². The summed E-state index contributed by atoms with van der Waals surface area (Å²) in [5, 5.41) is 3.90. The van der Waals surface area contributed by atoms with Crippen molar-refractivity contribution in [3.05, 3.63) is 117 Å². The van der Waals surface area contributed by atoms with E-state index in [1.165, 1.54) is 18.4 Å². The molecule has 4 rings (SSSR count). The number of hydrogen-bond acceptors (Lipinski definition) is 5. The first-order valence-electron chi connectivity index (χ1n) is 10.5. The van der Waals surface area contributed by atoms with Crippen LogP contribution in [0, 0.1) is 5.82 Å². The lowest BCUT2D eigenvalue weighted by atomic mass is 10.1. The molecule has 0 atom stereocenters. The van der Waals surface area contributed by atoms with Crippen LogP contribution in [0.3, 0.4) is 0 Å². The van der Waals surface area contributed by atoms with Crippen molar-refractivity contribution in [3.63, 3.8) is 0 Å². The second kappa shape index (κ2) is 11.2. The van der Waals surface area contributed by atoms with Crippen molar-refractivity contribution in [2.24, 2.45) is 0 Å². The summed E-state index contributed by atoms with van der Waals surface area (Å²) >= 11 is 12.4. The molecule has 1 amide bonds. The maximum absolute atomic E-state index is 13.3. The van der Waals surface area contributed by atoms with Gasteiger partial charge in [0.25, 0.3) is 5.91 Å². The molecule has 0 aliphatic rings. The first kappa shape index (κ1) is 23.9. The summed E-state index contributed by atoms with van der Waals surface area (Å²) in [6.45, 7) is 1.63. The zero-order valence-electron chi connectivity index (χ0n) is 18.0. The van der Waals surface area contributed by atoms with Crippen LogP contribution in [0.1, 0.15) is 33.1 Å². The smallest absolute Gasteiger partial charge is 0.273 e. The predicted octanol–water partition coefficient (Wildman–Crippen LogP) is 5.65. The van der Waals surface area contributed by atoms with Crippen LogP contribution in [-0.2, 0) is 26.2 Å². The molecule has 4 aromatic rings. The molecule has 2 heterocycles. The molecule has 0 fully saturated rings. The van der Waals surface area contributed by atoms with Gasteiger partial charge in [-0.25, -0.2) is 9.37 Å². The Morgan fingerprint density at radius 1 is 0.971 bits per heavy atom. The average Bonchev–Trinajstić information content (AvgIpc) is 3.30. The zero-order chi connectivity index (χ0) is 23.9. The van der Waals surface area contributed by atoms with Gasteiger partial charge in [-0.2, -0.15) is 0 Å². The summed E-state index contributed by atoms with van der Waals surface area (Å²) < 4.78 is 18.9. The summed E-state index contributed by atoms with van der Waals surface area (Å²) in [6, 6.07) is 15.2. The van der Waals surface area contributed by atoms with Crippen molar-refractivity contribution in [1.82, 2.24) is 20.2 Å². The fourth-order valence-corrected chi connectivity index (χ4v) is 3.83. The Kier molecular flexibility index (Phi) is 7.90. The molecule has 0 saturated heterocycles. The van der Waals surface area contributed by atoms with E-state index in [0.29, 0.717) is 42.1 Å². The van der Waals surface area contributed by atoms with E-state index < -0.39 is 0 Å². The fourth-order valence-electron chi connectivity index (χ4n) is 3.36. The topological polar surface area (TPSA) is 71.3 Å². The lowest BCUT2D eigenvalue weighted by Crippen LogP contribution is -2.24. The molecule has 0 radical (unpaired) electrons. The van der Waals surface area contributed by atoms with Crippen LogP contribution in [0.25, 0.3) is 0 Å². The number of halogens is 3. The van der Waals surface area contributed by atoms with Gasteiger partial charge in [0, 0.05) is 42.1 Å². The van der Waals surface area contributed by atoms with Crippen LogP contribution in [0.4, 0.5) is 4.39 Å². The molecular weight excluding hydrogens is 478 g/mol. The fraction of sp³-hybridized carbons (Fsp3) is 0.160. The van der Waals surface area contributed by atoms with Gasteiger partial charge in [-0.1, -0.05) is 41.4 Å². The Morgan fingerprint density at radius 2 is 1.74 bits per heavy atom. The third-order valence-corrected chi connectivity index (χ3v) is 5.66. The Bertz CT molecular complexity index is 1250. The highest BCUT2D eigenvalue weighted by molar-refractivity contribution is 6.35. The van der Waals surface area contributed by atoms with Gasteiger partial charge in [0.05, 0.1) is 6.54 Å². The number of aromatic nitrogens is 2. The Balaban J connectivity index is 1.46. The lowest BCUT2D eigenvalue weighted by Gasteiger charge is -2.21. The van der Waals surface area contributed by atoms with Crippen molar-refractivity contribution in [2.45, 2.75) is 26.2 Å². The highest BCUT2D eigenvalue weighted by atomic mass is 35.5. The maximum atomic E-state index is 13.3. The number of amides is 1. The first-order chi connectivity index (χ1) is 16.5. The van der Waals surface area contributed by atoms with E-state index in [1.54, 1.807) is 36.7 Å². The molecule has 2 aromatic carbocycles. The van der Waals surface area contributed by atoms with Crippen LogP contribution in [0.5, 0.6) is 0 Å². The Labute approximate surface area is 206 Å². The van der Waals surface area contributed by atoms with Crippen molar-refractivity contribution < 1.29 is 13.6 Å². The maximum Gasteiger partial charge on any atom is 0.273 e.